The molecule has 1 heterocycles. The average Bonchev–Trinajstić information content (AvgIpc) is 3.15. The molecule has 1 saturated heterocycles. The Morgan fingerprint density at radius 3 is 2.35 bits per heavy atom. The van der Waals surface area contributed by atoms with E-state index in [2.05, 4.69) is 39.3 Å². The predicted octanol–water partition coefficient (Wildman–Crippen LogP) is 3.62. The van der Waals surface area contributed by atoms with Crippen molar-refractivity contribution in [2.24, 2.45) is 4.99 Å². The molecule has 1 fully saturated rings. The van der Waals surface area contributed by atoms with Gasteiger partial charge in [-0.05, 0) is 35.2 Å². The van der Waals surface area contributed by atoms with Crippen molar-refractivity contribution in [1.29, 1.82) is 0 Å². The zero-order chi connectivity index (χ0) is 22.2. The van der Waals surface area contributed by atoms with Gasteiger partial charge in [-0.1, -0.05) is 36.4 Å². The van der Waals surface area contributed by atoms with Crippen LogP contribution >= 0.6 is 0 Å². The highest BCUT2D eigenvalue weighted by molar-refractivity contribution is 5.79. The van der Waals surface area contributed by atoms with Crippen molar-refractivity contribution < 1.29 is 18.3 Å². The van der Waals surface area contributed by atoms with Crippen LogP contribution in [0.25, 0.3) is 0 Å². The van der Waals surface area contributed by atoms with Crippen molar-refractivity contribution in [2.45, 2.75) is 39.1 Å². The smallest absolute Gasteiger partial charge is 0.387 e. The quantitative estimate of drug-likeness (QED) is 0.514. The van der Waals surface area contributed by atoms with Crippen LogP contribution in [0, 0.1) is 0 Å². The highest BCUT2D eigenvalue weighted by Crippen LogP contribution is 2.16. The number of hydrogen-bond donors (Lipinski definition) is 1. The summed E-state index contributed by atoms with van der Waals surface area (Å²) in [6.45, 7) is -0.142. The molecule has 166 valence electrons. The molecule has 2 aromatic rings. The van der Waals surface area contributed by atoms with Gasteiger partial charge in [0.15, 0.2) is 5.96 Å². The first kappa shape index (κ1) is 22.5. The third kappa shape index (κ3) is 6.67. The summed E-state index contributed by atoms with van der Waals surface area (Å²) in [5, 5.41) is 3.33. The molecule has 8 heteroatoms. The fourth-order valence-corrected chi connectivity index (χ4v) is 3.54. The molecule has 0 saturated carbocycles. The molecule has 0 atom stereocenters. The predicted molar refractivity (Wildman–Crippen MR) is 116 cm³/mol. The third-order valence-electron chi connectivity index (χ3n) is 5.16. The number of aliphatic imine (C=N–C) groups is 1. The molecule has 3 rings (SSSR count). The second kappa shape index (κ2) is 10.7. The van der Waals surface area contributed by atoms with Crippen LogP contribution in [0.4, 0.5) is 8.78 Å². The SMILES string of the molecule is CN=C(NCc1ccc(CN2CCCC2=O)cc1)N(C)Cc1ccc(OC(F)F)cc1. The summed E-state index contributed by atoms with van der Waals surface area (Å²) in [7, 11) is 3.63. The van der Waals surface area contributed by atoms with E-state index >= 15 is 0 Å². The monoisotopic (exact) mass is 430 g/mol. The van der Waals surface area contributed by atoms with Crippen molar-refractivity contribution in [3.63, 3.8) is 0 Å². The molecule has 2 aromatic carbocycles. The van der Waals surface area contributed by atoms with Gasteiger partial charge in [0.25, 0.3) is 0 Å². The van der Waals surface area contributed by atoms with Crippen molar-refractivity contribution >= 4 is 11.9 Å². The van der Waals surface area contributed by atoms with Gasteiger partial charge in [0.1, 0.15) is 5.75 Å². The minimum absolute atomic E-state index is 0.140. The number of benzene rings is 2. The maximum Gasteiger partial charge on any atom is 0.387 e. The third-order valence-corrected chi connectivity index (χ3v) is 5.16. The van der Waals surface area contributed by atoms with Crippen LogP contribution in [-0.2, 0) is 24.4 Å². The van der Waals surface area contributed by atoms with Crippen LogP contribution in [0.1, 0.15) is 29.5 Å². The molecule has 0 aliphatic carbocycles. The molecule has 0 aromatic heterocycles. The standard InChI is InChI=1S/C23H28F2N4O2/c1-26-23(28(2)15-18-9-11-20(12-10-18)31-22(24)25)27-14-17-5-7-19(8-6-17)16-29-13-3-4-21(29)30/h5-12,22H,3-4,13-16H2,1-2H3,(H,26,27). The number of nitrogens with zero attached hydrogens (tertiary/aromatic N) is 3. The number of likely N-dealkylation sites (tertiary alicyclic amines) is 1. The van der Waals surface area contributed by atoms with Gasteiger partial charge in [-0.3, -0.25) is 9.79 Å². The molecular formula is C23H28F2N4O2. The largest absolute Gasteiger partial charge is 0.435 e. The Morgan fingerprint density at radius 1 is 1.13 bits per heavy atom. The number of amides is 1. The van der Waals surface area contributed by atoms with E-state index in [4.69, 9.17) is 0 Å². The van der Waals surface area contributed by atoms with Crippen LogP contribution in [0.5, 0.6) is 5.75 Å². The van der Waals surface area contributed by atoms with E-state index in [1.807, 2.05) is 16.8 Å². The molecular weight excluding hydrogens is 402 g/mol. The summed E-state index contributed by atoms with van der Waals surface area (Å²) in [4.78, 5) is 19.9. The van der Waals surface area contributed by atoms with E-state index in [-0.39, 0.29) is 11.7 Å². The first-order chi connectivity index (χ1) is 14.9. The number of hydrogen-bond acceptors (Lipinski definition) is 3. The minimum Gasteiger partial charge on any atom is -0.435 e. The maximum atomic E-state index is 12.3. The Morgan fingerprint density at radius 2 is 1.77 bits per heavy atom. The number of carbonyl (C=O) groups is 1. The van der Waals surface area contributed by atoms with Gasteiger partial charge in [-0.25, -0.2) is 0 Å². The topological polar surface area (TPSA) is 57.2 Å². The van der Waals surface area contributed by atoms with E-state index < -0.39 is 6.61 Å². The molecule has 1 aliphatic heterocycles. The Kier molecular flexibility index (Phi) is 7.81. The molecule has 1 amide bonds. The van der Waals surface area contributed by atoms with Gasteiger partial charge >= 0.3 is 6.61 Å². The molecule has 0 unspecified atom stereocenters. The summed E-state index contributed by atoms with van der Waals surface area (Å²) in [5.74, 6) is 1.09. The molecule has 0 bridgehead atoms. The summed E-state index contributed by atoms with van der Waals surface area (Å²) < 4.78 is 28.9. The van der Waals surface area contributed by atoms with Crippen LogP contribution in [0.2, 0.25) is 0 Å². The maximum absolute atomic E-state index is 12.3. The van der Waals surface area contributed by atoms with Gasteiger partial charge in [-0.2, -0.15) is 8.78 Å². The lowest BCUT2D eigenvalue weighted by molar-refractivity contribution is -0.128. The van der Waals surface area contributed by atoms with Crippen LogP contribution < -0.4 is 10.1 Å². The Balaban J connectivity index is 1.49. The molecule has 0 spiro atoms. The molecule has 1 aliphatic rings. The van der Waals surface area contributed by atoms with E-state index in [1.165, 1.54) is 12.1 Å². The van der Waals surface area contributed by atoms with E-state index in [0.717, 1.165) is 35.6 Å². The normalized spacial score (nSPS) is 14.3. The molecule has 31 heavy (non-hydrogen) atoms. The summed E-state index contributed by atoms with van der Waals surface area (Å²) >= 11 is 0. The number of carbonyl (C=O) groups excluding carboxylic acids is 1. The summed E-state index contributed by atoms with van der Waals surface area (Å²) in [5.41, 5.74) is 3.19. The first-order valence-corrected chi connectivity index (χ1v) is 10.3. The molecule has 0 radical (unpaired) electrons. The highest BCUT2D eigenvalue weighted by atomic mass is 19.3. The Labute approximate surface area is 181 Å². The number of rotatable bonds is 8. The van der Waals surface area contributed by atoms with Crippen molar-refractivity contribution in [2.75, 3.05) is 20.6 Å². The zero-order valence-corrected chi connectivity index (χ0v) is 17.9. The number of nitrogens with one attached hydrogen (secondary N) is 1. The van der Waals surface area contributed by atoms with E-state index in [1.54, 1.807) is 19.2 Å². The van der Waals surface area contributed by atoms with Crippen LogP contribution in [-0.4, -0.2) is 48.9 Å². The fourth-order valence-electron chi connectivity index (χ4n) is 3.54. The number of ether oxygens (including phenoxy) is 1. The second-order valence-electron chi connectivity index (χ2n) is 7.51. The number of halogens is 2. The number of guanidine groups is 1. The van der Waals surface area contributed by atoms with Crippen molar-refractivity contribution in [3.8, 4) is 5.75 Å². The van der Waals surface area contributed by atoms with E-state index in [9.17, 15) is 13.6 Å². The van der Waals surface area contributed by atoms with Gasteiger partial charge in [0.05, 0.1) is 0 Å². The lowest BCUT2D eigenvalue weighted by Gasteiger charge is -2.22. The average molecular weight is 430 g/mol. The fraction of sp³-hybridized carbons (Fsp3) is 0.391. The molecule has 1 N–H and O–H groups in total. The van der Waals surface area contributed by atoms with Gasteiger partial charge in [0.2, 0.25) is 5.91 Å². The second-order valence-corrected chi connectivity index (χ2v) is 7.51. The van der Waals surface area contributed by atoms with Gasteiger partial charge < -0.3 is 19.9 Å². The van der Waals surface area contributed by atoms with Crippen LogP contribution in [0.15, 0.2) is 53.5 Å². The first-order valence-electron chi connectivity index (χ1n) is 10.3. The number of alkyl halides is 2. The van der Waals surface area contributed by atoms with Crippen molar-refractivity contribution in [1.82, 2.24) is 15.1 Å². The summed E-state index contributed by atoms with van der Waals surface area (Å²) in [6, 6.07) is 14.8. The minimum atomic E-state index is -2.83. The lowest BCUT2D eigenvalue weighted by atomic mass is 10.1. The van der Waals surface area contributed by atoms with Crippen molar-refractivity contribution in [3.05, 3.63) is 65.2 Å². The van der Waals surface area contributed by atoms with Gasteiger partial charge in [0, 0.05) is 46.7 Å². The van der Waals surface area contributed by atoms with E-state index in [0.29, 0.717) is 26.1 Å². The zero-order valence-electron chi connectivity index (χ0n) is 17.9. The van der Waals surface area contributed by atoms with Crippen LogP contribution in [0.3, 0.4) is 0 Å². The summed E-state index contributed by atoms with van der Waals surface area (Å²) in [6.07, 6.45) is 1.60. The lowest BCUT2D eigenvalue weighted by Crippen LogP contribution is -2.38. The molecule has 6 nitrogen and oxygen atoms in total. The Bertz CT molecular complexity index is 885. The highest BCUT2D eigenvalue weighted by Gasteiger charge is 2.19. The Hall–Kier alpha value is -3.16. The van der Waals surface area contributed by atoms with Gasteiger partial charge in [-0.15, -0.1) is 0 Å².